The summed E-state index contributed by atoms with van der Waals surface area (Å²) in [6.07, 6.45) is 2.61. The quantitative estimate of drug-likeness (QED) is 0.290. The van der Waals surface area contributed by atoms with Crippen LogP contribution in [0.4, 0.5) is 11.4 Å². The molecule has 0 bridgehead atoms. The maximum absolute atomic E-state index is 13.6. The largest absolute Gasteiger partial charge is 0.497 e. The van der Waals surface area contributed by atoms with Crippen molar-refractivity contribution in [1.82, 2.24) is 9.21 Å². The first-order valence-corrected chi connectivity index (χ1v) is 13.2. The van der Waals surface area contributed by atoms with Crippen LogP contribution in [0.15, 0.2) is 52.5 Å². The van der Waals surface area contributed by atoms with Crippen LogP contribution in [-0.2, 0) is 14.8 Å². The summed E-state index contributed by atoms with van der Waals surface area (Å²) in [5.74, 6) is 0.140. The molecule has 0 aromatic heterocycles. The van der Waals surface area contributed by atoms with Gasteiger partial charge >= 0.3 is 0 Å². The van der Waals surface area contributed by atoms with E-state index in [0.29, 0.717) is 31.7 Å². The Morgan fingerprint density at radius 1 is 1.25 bits per heavy atom. The second kappa shape index (κ2) is 12.0. The monoisotopic (exact) mass is 517 g/mol. The Balaban J connectivity index is 1.88. The molecule has 0 unspecified atom stereocenters. The number of sulfonamides is 1. The molecular weight excluding hydrogens is 486 g/mol. The molecule has 36 heavy (non-hydrogen) atoms. The number of nitrogens with one attached hydrogen (secondary N) is 1. The molecule has 0 aliphatic carbocycles. The molecule has 2 aromatic rings. The summed E-state index contributed by atoms with van der Waals surface area (Å²) in [4.78, 5) is 25.0. The number of non-ortho nitro benzene ring substituents is 1. The summed E-state index contributed by atoms with van der Waals surface area (Å²) in [6, 6.07) is 10.6. The Bertz CT molecular complexity index is 1210. The molecule has 0 radical (unpaired) electrons. The topological polar surface area (TPSA) is 134 Å². The van der Waals surface area contributed by atoms with Gasteiger partial charge in [-0.1, -0.05) is 0 Å². The fourth-order valence-electron chi connectivity index (χ4n) is 4.09. The van der Waals surface area contributed by atoms with Crippen LogP contribution in [0.1, 0.15) is 32.3 Å². The molecule has 0 spiro atoms. The van der Waals surface area contributed by atoms with Gasteiger partial charge in [-0.3, -0.25) is 20.3 Å². The molecule has 3 rings (SSSR count). The van der Waals surface area contributed by atoms with E-state index in [1.165, 1.54) is 22.7 Å². The van der Waals surface area contributed by atoms with Crippen molar-refractivity contribution in [1.29, 1.82) is 0 Å². The first-order chi connectivity index (χ1) is 17.2. The number of ether oxygens (including phenoxy) is 1. The molecule has 1 heterocycles. The molecule has 1 N–H and O–H groups in total. The summed E-state index contributed by atoms with van der Waals surface area (Å²) < 4.78 is 33.6. The van der Waals surface area contributed by atoms with E-state index in [2.05, 4.69) is 10.5 Å². The lowest BCUT2D eigenvalue weighted by atomic mass is 9.98. The highest BCUT2D eigenvalue weighted by molar-refractivity contribution is 7.89. The van der Waals surface area contributed by atoms with E-state index in [9.17, 15) is 23.3 Å². The Morgan fingerprint density at radius 3 is 2.56 bits per heavy atom. The van der Waals surface area contributed by atoms with E-state index in [1.807, 2.05) is 13.8 Å². The maximum atomic E-state index is 13.6. The smallest absolute Gasteiger partial charge is 0.270 e. The van der Waals surface area contributed by atoms with E-state index in [4.69, 9.17) is 4.74 Å². The lowest BCUT2D eigenvalue weighted by molar-refractivity contribution is -0.385. The Hall–Kier alpha value is -3.51. The minimum Gasteiger partial charge on any atom is -0.497 e. The number of carbonyl (C=O) groups is 1. The number of methoxy groups -OCH3 is 1. The van der Waals surface area contributed by atoms with E-state index in [1.54, 1.807) is 36.3 Å². The van der Waals surface area contributed by atoms with Gasteiger partial charge in [-0.05, 0) is 62.6 Å². The lowest BCUT2D eigenvalue weighted by Crippen LogP contribution is -2.46. The van der Waals surface area contributed by atoms with E-state index in [0.717, 1.165) is 11.6 Å². The average molecular weight is 518 g/mol. The number of anilines is 1. The fourth-order valence-corrected chi connectivity index (χ4v) is 5.78. The number of amides is 1. The molecular formula is C24H31N5O6S. The molecule has 1 aliphatic heterocycles. The Morgan fingerprint density at radius 2 is 1.94 bits per heavy atom. The summed E-state index contributed by atoms with van der Waals surface area (Å²) in [5, 5.41) is 15.5. The second-order valence-electron chi connectivity index (χ2n) is 8.29. The number of benzene rings is 2. The molecule has 1 fully saturated rings. The van der Waals surface area contributed by atoms with Crippen LogP contribution in [0.2, 0.25) is 0 Å². The number of nitro benzene ring substituents is 1. The van der Waals surface area contributed by atoms with Crippen molar-refractivity contribution in [3.8, 4) is 5.75 Å². The van der Waals surface area contributed by atoms with Crippen LogP contribution in [-0.4, -0.2) is 68.0 Å². The molecule has 1 saturated heterocycles. The number of rotatable bonds is 10. The van der Waals surface area contributed by atoms with Crippen LogP contribution in [0.3, 0.4) is 0 Å². The van der Waals surface area contributed by atoms with E-state index < -0.39 is 20.9 Å². The zero-order valence-corrected chi connectivity index (χ0v) is 21.4. The summed E-state index contributed by atoms with van der Waals surface area (Å²) >= 11 is 0. The highest BCUT2D eigenvalue weighted by Crippen LogP contribution is 2.32. The number of hydrogen-bond donors (Lipinski definition) is 1. The molecule has 2 aromatic carbocycles. The third kappa shape index (κ3) is 6.18. The number of hydrazone groups is 1. The van der Waals surface area contributed by atoms with Gasteiger partial charge in [0.1, 0.15) is 10.6 Å². The highest BCUT2D eigenvalue weighted by Gasteiger charge is 2.36. The van der Waals surface area contributed by atoms with Crippen LogP contribution in [0.25, 0.3) is 0 Å². The van der Waals surface area contributed by atoms with Gasteiger partial charge in [0.05, 0.1) is 29.9 Å². The number of hydrogen-bond acceptors (Lipinski definition) is 8. The van der Waals surface area contributed by atoms with Crippen molar-refractivity contribution < 1.29 is 22.9 Å². The van der Waals surface area contributed by atoms with Crippen molar-refractivity contribution in [2.45, 2.75) is 31.6 Å². The maximum Gasteiger partial charge on any atom is 0.270 e. The second-order valence-corrected chi connectivity index (χ2v) is 10.2. The van der Waals surface area contributed by atoms with Crippen LogP contribution >= 0.6 is 0 Å². The summed E-state index contributed by atoms with van der Waals surface area (Å²) in [7, 11) is -2.59. The Labute approximate surface area is 210 Å². The van der Waals surface area contributed by atoms with Gasteiger partial charge in [-0.25, -0.2) is 8.42 Å². The average Bonchev–Trinajstić information content (AvgIpc) is 2.89. The van der Waals surface area contributed by atoms with Crippen molar-refractivity contribution >= 4 is 33.5 Å². The van der Waals surface area contributed by atoms with Crippen molar-refractivity contribution in [3.05, 3.63) is 58.1 Å². The van der Waals surface area contributed by atoms with Gasteiger partial charge < -0.3 is 9.64 Å². The predicted molar refractivity (Wildman–Crippen MR) is 137 cm³/mol. The molecule has 11 nitrogen and oxygen atoms in total. The molecule has 1 aliphatic rings. The van der Waals surface area contributed by atoms with E-state index in [-0.39, 0.29) is 35.3 Å². The van der Waals surface area contributed by atoms with Gasteiger partial charge in [0.25, 0.3) is 5.69 Å². The van der Waals surface area contributed by atoms with Crippen molar-refractivity contribution in [2.24, 2.45) is 11.0 Å². The van der Waals surface area contributed by atoms with Gasteiger partial charge in [0, 0.05) is 38.3 Å². The Kier molecular flexibility index (Phi) is 8.99. The fraction of sp³-hybridized carbons (Fsp3) is 0.417. The lowest BCUT2D eigenvalue weighted by Gasteiger charge is -2.34. The summed E-state index contributed by atoms with van der Waals surface area (Å²) in [6.45, 7) is 5.10. The normalized spacial score (nSPS) is 16.6. The van der Waals surface area contributed by atoms with Gasteiger partial charge in [-0.2, -0.15) is 9.41 Å². The van der Waals surface area contributed by atoms with Crippen molar-refractivity contribution in [2.75, 3.05) is 38.7 Å². The third-order valence-corrected chi connectivity index (χ3v) is 8.02. The zero-order chi connectivity index (χ0) is 26.3. The highest BCUT2D eigenvalue weighted by atomic mass is 32.2. The minimum absolute atomic E-state index is 0.0227. The molecule has 194 valence electrons. The van der Waals surface area contributed by atoms with E-state index >= 15 is 0 Å². The van der Waals surface area contributed by atoms with Crippen LogP contribution < -0.4 is 10.2 Å². The first-order valence-electron chi connectivity index (χ1n) is 11.7. The number of piperidine rings is 1. The molecule has 1 amide bonds. The third-order valence-electron chi connectivity index (χ3n) is 6.12. The predicted octanol–water partition coefficient (Wildman–Crippen LogP) is 3.32. The molecule has 1 atom stereocenters. The van der Waals surface area contributed by atoms with Gasteiger partial charge in [0.2, 0.25) is 15.9 Å². The number of carbonyl (C=O) groups excluding carboxylic acids is 1. The summed E-state index contributed by atoms with van der Waals surface area (Å²) in [5.41, 5.74) is 3.19. The SMILES string of the molecule is CCN(CC)C(=O)[C@H]1CCCN(S(=O)(=O)c2cc([N+](=O)[O-])ccc2N/N=C\c2ccc(OC)cc2)C1. The standard InChI is InChI=1S/C24H31N5O6S/c1-4-27(5-2)24(30)19-7-6-14-28(17-19)36(33,34)23-15-20(29(31)32)10-13-22(23)26-25-16-18-8-11-21(35-3)12-9-18/h8-13,15-16,19,26H,4-7,14,17H2,1-3H3/b25-16-/t19-/m0/s1. The minimum atomic E-state index is -4.15. The zero-order valence-electron chi connectivity index (χ0n) is 20.6. The van der Waals surface area contributed by atoms with Gasteiger partial charge in [-0.15, -0.1) is 0 Å². The molecule has 0 saturated carbocycles. The van der Waals surface area contributed by atoms with Crippen LogP contribution in [0.5, 0.6) is 5.75 Å². The van der Waals surface area contributed by atoms with Crippen molar-refractivity contribution in [3.63, 3.8) is 0 Å². The number of nitro groups is 1. The molecule has 12 heteroatoms. The van der Waals surface area contributed by atoms with Crippen LogP contribution in [0, 0.1) is 16.0 Å². The van der Waals surface area contributed by atoms with Gasteiger partial charge in [0.15, 0.2) is 0 Å². The first kappa shape index (κ1) is 27.1. The number of nitrogens with zero attached hydrogens (tertiary/aromatic N) is 4.